The van der Waals surface area contributed by atoms with Gasteiger partial charge >= 0.3 is 0 Å². The number of amides is 1. The minimum absolute atomic E-state index is 0.0204. The molecule has 1 aromatic heterocycles. The van der Waals surface area contributed by atoms with Crippen molar-refractivity contribution in [3.63, 3.8) is 0 Å². The van der Waals surface area contributed by atoms with Gasteiger partial charge < -0.3 is 14.8 Å². The van der Waals surface area contributed by atoms with Gasteiger partial charge in [-0.05, 0) is 73.8 Å². The first-order valence-corrected chi connectivity index (χ1v) is 13.5. The van der Waals surface area contributed by atoms with E-state index in [-0.39, 0.29) is 23.9 Å². The fraction of sp³-hybridized carbons (Fsp3) is 0.452. The maximum absolute atomic E-state index is 13.4. The van der Waals surface area contributed by atoms with E-state index in [1.54, 1.807) is 6.07 Å². The van der Waals surface area contributed by atoms with Crippen LogP contribution in [0.4, 0.5) is 0 Å². The highest BCUT2D eigenvalue weighted by Gasteiger charge is 2.50. The number of hydrogen-bond acceptors (Lipinski definition) is 5. The number of furan rings is 1. The molecule has 0 saturated heterocycles. The number of nitriles is 1. The second-order valence-electron chi connectivity index (χ2n) is 11.4. The number of carbonyl (C=O) groups is 2. The molecule has 0 radical (unpaired) electrons. The molecule has 6 nitrogen and oxygen atoms in total. The van der Waals surface area contributed by atoms with Gasteiger partial charge in [0.15, 0.2) is 11.5 Å². The number of ketones is 1. The van der Waals surface area contributed by atoms with Crippen LogP contribution in [0.5, 0.6) is 0 Å². The minimum Gasteiger partial charge on any atom is -0.451 e. The molecule has 3 saturated carbocycles. The smallest absolute Gasteiger partial charge is 0.287 e. The van der Waals surface area contributed by atoms with Crippen molar-refractivity contribution < 1.29 is 19.1 Å². The summed E-state index contributed by atoms with van der Waals surface area (Å²) >= 11 is 0. The van der Waals surface area contributed by atoms with Gasteiger partial charge in [0.1, 0.15) is 5.58 Å². The van der Waals surface area contributed by atoms with E-state index in [0.29, 0.717) is 18.4 Å². The number of rotatable bonds is 7. The molecule has 190 valence electrons. The van der Waals surface area contributed by atoms with Gasteiger partial charge in [-0.2, -0.15) is 5.26 Å². The van der Waals surface area contributed by atoms with Gasteiger partial charge in [-0.15, -0.1) is 0 Å². The largest absolute Gasteiger partial charge is 0.451 e. The molecule has 0 atom stereocenters. The summed E-state index contributed by atoms with van der Waals surface area (Å²) in [6.07, 6.45) is 8.41. The van der Waals surface area contributed by atoms with Crippen LogP contribution >= 0.6 is 0 Å². The zero-order valence-corrected chi connectivity index (χ0v) is 21.0. The van der Waals surface area contributed by atoms with Crippen LogP contribution in [0.25, 0.3) is 22.1 Å². The molecular formula is C31H32N2O4. The number of benzene rings is 2. The zero-order chi connectivity index (χ0) is 25.7. The highest BCUT2D eigenvalue weighted by Crippen LogP contribution is 2.50. The first-order valence-electron chi connectivity index (χ1n) is 13.5. The molecule has 0 bridgehead atoms. The standard InChI is InChI=1S/C31H32N2O4/c32-20-29(15-16-29)19-27(34)30(11-2-1-3-12-30)33-28(35)26-18-23-6-5-22(17-25(23)37-26)21-7-9-24(10-8-21)31(36)13-4-14-31/h5-10,17-18,36H,1-4,11-16,19H2,(H,33,35). The fourth-order valence-electron chi connectivity index (χ4n) is 5.96. The molecule has 3 aliphatic rings. The Labute approximate surface area is 216 Å². The molecule has 37 heavy (non-hydrogen) atoms. The Bertz CT molecular complexity index is 1400. The zero-order valence-electron chi connectivity index (χ0n) is 21.0. The lowest BCUT2D eigenvalue weighted by Gasteiger charge is -2.37. The predicted octanol–water partition coefficient (Wildman–Crippen LogP) is 6.17. The molecule has 0 aliphatic heterocycles. The van der Waals surface area contributed by atoms with Crippen molar-refractivity contribution in [3.05, 3.63) is 59.9 Å². The highest BCUT2D eigenvalue weighted by atomic mass is 16.3. The lowest BCUT2D eigenvalue weighted by Crippen LogP contribution is -2.56. The fourth-order valence-corrected chi connectivity index (χ4v) is 5.96. The Hall–Kier alpha value is -3.43. The summed E-state index contributed by atoms with van der Waals surface area (Å²) in [4.78, 5) is 26.7. The number of Topliss-reactive ketones (excluding diaryl/α,β-unsaturated/α-hetero) is 1. The van der Waals surface area contributed by atoms with E-state index in [1.807, 2.05) is 42.5 Å². The number of nitrogens with zero attached hydrogens (tertiary/aromatic N) is 1. The average Bonchev–Trinajstić information content (AvgIpc) is 3.54. The van der Waals surface area contributed by atoms with Gasteiger partial charge in [0.2, 0.25) is 0 Å². The van der Waals surface area contributed by atoms with Crippen LogP contribution in [0.15, 0.2) is 52.9 Å². The third-order valence-electron chi connectivity index (χ3n) is 8.86. The van der Waals surface area contributed by atoms with Gasteiger partial charge in [-0.25, -0.2) is 0 Å². The van der Waals surface area contributed by atoms with Crippen LogP contribution in [0, 0.1) is 16.7 Å². The molecule has 3 aromatic rings. The van der Waals surface area contributed by atoms with Crippen molar-refractivity contribution in [2.75, 3.05) is 0 Å². The number of fused-ring (bicyclic) bond motifs is 1. The van der Waals surface area contributed by atoms with Crippen molar-refractivity contribution in [3.8, 4) is 17.2 Å². The Balaban J connectivity index is 1.22. The topological polar surface area (TPSA) is 103 Å². The van der Waals surface area contributed by atoms with Crippen LogP contribution in [0.1, 0.15) is 86.7 Å². The van der Waals surface area contributed by atoms with Gasteiger partial charge in [0, 0.05) is 11.8 Å². The van der Waals surface area contributed by atoms with Crippen LogP contribution < -0.4 is 5.32 Å². The van der Waals surface area contributed by atoms with Crippen LogP contribution in [0.2, 0.25) is 0 Å². The van der Waals surface area contributed by atoms with E-state index < -0.39 is 16.6 Å². The molecule has 0 unspecified atom stereocenters. The van der Waals surface area contributed by atoms with Crippen LogP contribution in [-0.2, 0) is 10.4 Å². The summed E-state index contributed by atoms with van der Waals surface area (Å²) in [7, 11) is 0. The van der Waals surface area contributed by atoms with E-state index in [2.05, 4.69) is 11.4 Å². The summed E-state index contributed by atoms with van der Waals surface area (Å²) in [6.45, 7) is 0. The summed E-state index contributed by atoms with van der Waals surface area (Å²) < 4.78 is 5.98. The lowest BCUT2D eigenvalue weighted by molar-refractivity contribution is -0.127. The number of aliphatic hydroxyl groups is 1. The van der Waals surface area contributed by atoms with Crippen molar-refractivity contribution in [1.82, 2.24) is 5.32 Å². The number of carbonyl (C=O) groups excluding carboxylic acids is 2. The molecule has 3 fully saturated rings. The van der Waals surface area contributed by atoms with Crippen LogP contribution in [-0.4, -0.2) is 22.3 Å². The second-order valence-corrected chi connectivity index (χ2v) is 11.4. The molecule has 0 spiro atoms. The minimum atomic E-state index is -0.918. The Morgan fingerprint density at radius 3 is 2.22 bits per heavy atom. The molecular weight excluding hydrogens is 464 g/mol. The third-order valence-corrected chi connectivity index (χ3v) is 8.86. The molecule has 2 aromatic carbocycles. The predicted molar refractivity (Wildman–Crippen MR) is 140 cm³/mol. The Morgan fingerprint density at radius 2 is 1.59 bits per heavy atom. The quantitative estimate of drug-likeness (QED) is 0.407. The lowest BCUT2D eigenvalue weighted by atomic mass is 9.75. The second kappa shape index (κ2) is 8.85. The summed E-state index contributed by atoms with van der Waals surface area (Å²) in [6, 6.07) is 17.9. The third kappa shape index (κ3) is 4.36. The molecule has 1 heterocycles. The molecule has 6 rings (SSSR count). The van der Waals surface area contributed by atoms with Gasteiger partial charge in [-0.3, -0.25) is 9.59 Å². The number of hydrogen-bond donors (Lipinski definition) is 2. The average molecular weight is 497 g/mol. The molecule has 1 amide bonds. The van der Waals surface area contributed by atoms with E-state index >= 15 is 0 Å². The molecule has 3 aliphatic carbocycles. The SMILES string of the molecule is N#CC1(CC(=O)C2(NC(=O)c3cc4ccc(-c5ccc(C6(O)CCC6)cc5)cc4o3)CCCCC2)CC1. The summed E-state index contributed by atoms with van der Waals surface area (Å²) in [5.41, 5.74) is 1.40. The maximum atomic E-state index is 13.4. The molecule has 2 N–H and O–H groups in total. The molecule has 6 heteroatoms. The van der Waals surface area contributed by atoms with Gasteiger partial charge in [0.05, 0.1) is 22.6 Å². The van der Waals surface area contributed by atoms with E-state index in [1.165, 1.54) is 0 Å². The van der Waals surface area contributed by atoms with Crippen molar-refractivity contribution in [1.29, 1.82) is 5.26 Å². The van der Waals surface area contributed by atoms with Gasteiger partial charge in [0.25, 0.3) is 5.91 Å². The van der Waals surface area contributed by atoms with Crippen LogP contribution in [0.3, 0.4) is 0 Å². The first kappa shape index (κ1) is 23.9. The first-order chi connectivity index (χ1) is 17.8. The normalized spacial score (nSPS) is 21.0. The Morgan fingerprint density at radius 1 is 0.892 bits per heavy atom. The maximum Gasteiger partial charge on any atom is 0.287 e. The monoisotopic (exact) mass is 496 g/mol. The summed E-state index contributed by atoms with van der Waals surface area (Å²) in [5.74, 6) is -0.213. The number of nitrogens with one attached hydrogen (secondary N) is 1. The van der Waals surface area contributed by atoms with Gasteiger partial charge in [-0.1, -0.05) is 55.7 Å². The van der Waals surface area contributed by atoms with E-state index in [0.717, 1.165) is 73.4 Å². The Kier molecular flexibility index (Phi) is 5.72. The van der Waals surface area contributed by atoms with Crippen molar-refractivity contribution >= 4 is 22.7 Å². The van der Waals surface area contributed by atoms with Crippen molar-refractivity contribution in [2.45, 2.75) is 81.8 Å². The summed E-state index contributed by atoms with van der Waals surface area (Å²) in [5, 5.41) is 23.9. The highest BCUT2D eigenvalue weighted by molar-refractivity contribution is 6.01. The van der Waals surface area contributed by atoms with Crippen molar-refractivity contribution in [2.24, 2.45) is 5.41 Å². The van der Waals surface area contributed by atoms with E-state index in [9.17, 15) is 20.0 Å². The van der Waals surface area contributed by atoms with E-state index in [4.69, 9.17) is 4.42 Å².